The normalized spacial score (nSPS) is 14.3. The summed E-state index contributed by atoms with van der Waals surface area (Å²) in [6.07, 6.45) is 71.8. The van der Waals surface area contributed by atoms with Crippen LogP contribution in [0.4, 0.5) is 0 Å². The molecule has 0 aliphatic carbocycles. The highest BCUT2D eigenvalue weighted by atomic mass is 31.2. The number of ether oxygens (including phenoxy) is 4. The molecule has 98 heavy (non-hydrogen) atoms. The highest BCUT2D eigenvalue weighted by Crippen LogP contribution is 2.45. The van der Waals surface area contributed by atoms with Crippen LogP contribution in [0.1, 0.15) is 349 Å². The van der Waals surface area contributed by atoms with Gasteiger partial charge in [0.25, 0.3) is 0 Å². The van der Waals surface area contributed by atoms with E-state index in [2.05, 4.69) is 88.5 Å². The fourth-order valence-electron chi connectivity index (χ4n) is 10.6. The number of aliphatic hydroxyl groups is 1. The molecule has 0 fully saturated rings. The summed E-state index contributed by atoms with van der Waals surface area (Å²) in [6, 6.07) is 0. The molecule has 0 spiro atoms. The lowest BCUT2D eigenvalue weighted by molar-refractivity contribution is -0.161. The molecule has 19 heteroatoms. The summed E-state index contributed by atoms with van der Waals surface area (Å²) in [5.41, 5.74) is 0. The first-order valence-corrected chi connectivity index (χ1v) is 42.2. The van der Waals surface area contributed by atoms with Gasteiger partial charge < -0.3 is 33.8 Å². The number of aliphatic hydroxyl groups excluding tert-OH is 1. The average molecular weight is 1430 g/mol. The number of hydrogen-bond donors (Lipinski definition) is 3. The zero-order valence-electron chi connectivity index (χ0n) is 62.2. The van der Waals surface area contributed by atoms with Crippen molar-refractivity contribution >= 4 is 39.5 Å². The highest BCUT2D eigenvalue weighted by molar-refractivity contribution is 7.47. The maximum atomic E-state index is 13.1. The molecule has 0 saturated carbocycles. The van der Waals surface area contributed by atoms with Crippen LogP contribution in [0.5, 0.6) is 0 Å². The van der Waals surface area contributed by atoms with Crippen molar-refractivity contribution in [2.24, 2.45) is 0 Å². The van der Waals surface area contributed by atoms with Crippen LogP contribution < -0.4 is 0 Å². The third-order valence-electron chi connectivity index (χ3n) is 16.6. The summed E-state index contributed by atoms with van der Waals surface area (Å²) in [4.78, 5) is 72.8. The molecule has 0 aromatic heterocycles. The summed E-state index contributed by atoms with van der Waals surface area (Å²) >= 11 is 0. The molecule has 17 nitrogen and oxygen atoms in total. The molecule has 0 aliphatic rings. The second-order valence-electron chi connectivity index (χ2n) is 26.3. The Hall–Kier alpha value is -3.50. The first kappa shape index (κ1) is 94.5. The number of carbonyl (C=O) groups is 4. The Morgan fingerprint density at radius 3 is 0.847 bits per heavy atom. The molecular weight excluding hydrogens is 1280 g/mol. The third kappa shape index (κ3) is 70.9. The molecule has 0 aliphatic heterocycles. The van der Waals surface area contributed by atoms with E-state index in [1.54, 1.807) is 0 Å². The zero-order chi connectivity index (χ0) is 71.8. The molecule has 0 heterocycles. The summed E-state index contributed by atoms with van der Waals surface area (Å²) in [5.74, 6) is -2.23. The lowest BCUT2D eigenvalue weighted by Crippen LogP contribution is -2.30. The van der Waals surface area contributed by atoms with Gasteiger partial charge in [-0.1, -0.05) is 280 Å². The van der Waals surface area contributed by atoms with Gasteiger partial charge in [-0.05, 0) is 116 Å². The molecule has 3 N–H and O–H groups in total. The molecule has 2 unspecified atom stereocenters. The molecule has 5 atom stereocenters. The predicted octanol–water partition coefficient (Wildman–Crippen LogP) is 22.4. The second kappa shape index (κ2) is 71.9. The number of phosphoric acid groups is 2. The van der Waals surface area contributed by atoms with Gasteiger partial charge >= 0.3 is 39.5 Å². The summed E-state index contributed by atoms with van der Waals surface area (Å²) < 4.78 is 68.5. The first-order chi connectivity index (χ1) is 47.7. The van der Waals surface area contributed by atoms with Crippen molar-refractivity contribution < 1.29 is 80.2 Å². The van der Waals surface area contributed by atoms with Crippen LogP contribution >= 0.6 is 15.6 Å². The molecule has 0 amide bonds. The average Bonchev–Trinajstić information content (AvgIpc) is 1.05. The van der Waals surface area contributed by atoms with Gasteiger partial charge in [0.1, 0.15) is 19.3 Å². The van der Waals surface area contributed by atoms with Crippen LogP contribution in [0.3, 0.4) is 0 Å². The molecule has 0 aromatic carbocycles. The van der Waals surface area contributed by atoms with Crippen molar-refractivity contribution in [1.29, 1.82) is 0 Å². The van der Waals surface area contributed by atoms with Crippen molar-refractivity contribution in [1.82, 2.24) is 0 Å². The third-order valence-corrected chi connectivity index (χ3v) is 18.5. The van der Waals surface area contributed by atoms with E-state index in [1.807, 2.05) is 12.2 Å². The van der Waals surface area contributed by atoms with Crippen LogP contribution in [0.2, 0.25) is 0 Å². The van der Waals surface area contributed by atoms with Crippen molar-refractivity contribution in [2.75, 3.05) is 39.6 Å². The number of rotatable bonds is 74. The summed E-state index contributed by atoms with van der Waals surface area (Å²) in [5, 5.41) is 10.6. The number of esters is 4. The van der Waals surface area contributed by atoms with Gasteiger partial charge in [-0.2, -0.15) is 0 Å². The van der Waals surface area contributed by atoms with E-state index in [4.69, 9.17) is 37.0 Å². The Balaban J connectivity index is 5.38. The Labute approximate surface area is 596 Å². The van der Waals surface area contributed by atoms with Crippen molar-refractivity contribution in [3.05, 3.63) is 72.9 Å². The molecule has 0 saturated heterocycles. The van der Waals surface area contributed by atoms with Gasteiger partial charge in [-0.25, -0.2) is 9.13 Å². The topological polar surface area (TPSA) is 237 Å². The predicted molar refractivity (Wildman–Crippen MR) is 400 cm³/mol. The smallest absolute Gasteiger partial charge is 0.462 e. The van der Waals surface area contributed by atoms with E-state index in [1.165, 1.54) is 135 Å². The minimum Gasteiger partial charge on any atom is -0.462 e. The summed E-state index contributed by atoms with van der Waals surface area (Å²) in [7, 11) is -9.95. The van der Waals surface area contributed by atoms with Crippen molar-refractivity contribution in [3.63, 3.8) is 0 Å². The van der Waals surface area contributed by atoms with Crippen LogP contribution in [0, 0.1) is 0 Å². The second-order valence-corrected chi connectivity index (χ2v) is 29.2. The SMILES string of the molecule is CCCCC/C=C\C/C=C\C/C=C\C/C=C\CCCC(=O)OC[C@H](COP(=O)(O)OC[C@@H](O)COP(=O)(O)OC[C@@H](COC(=O)CCCCCCC/C=C\CCCCCC)OC(=O)CCCCCCCCCCCCCCC)OC(=O)CCCCCCC/C=C\CCCCCCCC. The Morgan fingerprint density at radius 1 is 0.286 bits per heavy atom. The minimum absolute atomic E-state index is 0.0760. The lowest BCUT2D eigenvalue weighted by Gasteiger charge is -2.21. The van der Waals surface area contributed by atoms with E-state index in [-0.39, 0.29) is 25.7 Å². The van der Waals surface area contributed by atoms with Crippen molar-refractivity contribution in [2.45, 2.75) is 367 Å². The Morgan fingerprint density at radius 2 is 0.510 bits per heavy atom. The summed E-state index contributed by atoms with van der Waals surface area (Å²) in [6.45, 7) is 4.79. The van der Waals surface area contributed by atoms with Gasteiger partial charge in [-0.15, -0.1) is 0 Å². The highest BCUT2D eigenvalue weighted by Gasteiger charge is 2.30. The number of carbonyl (C=O) groups excluding carboxylic acids is 4. The van der Waals surface area contributed by atoms with E-state index in [0.29, 0.717) is 32.1 Å². The monoisotopic (exact) mass is 1420 g/mol. The quantitative estimate of drug-likeness (QED) is 0.0169. The molecule has 0 aromatic rings. The van der Waals surface area contributed by atoms with Crippen LogP contribution in [-0.2, 0) is 65.4 Å². The maximum absolute atomic E-state index is 13.1. The van der Waals surface area contributed by atoms with Gasteiger partial charge in [-0.3, -0.25) is 37.3 Å². The molecule has 0 bridgehead atoms. The molecular formula is C79H142O17P2. The minimum atomic E-state index is -4.98. The number of hydrogen-bond acceptors (Lipinski definition) is 15. The van der Waals surface area contributed by atoms with Gasteiger partial charge in [0, 0.05) is 25.7 Å². The van der Waals surface area contributed by atoms with Gasteiger partial charge in [0.15, 0.2) is 12.2 Å². The zero-order valence-corrected chi connectivity index (χ0v) is 64.0. The van der Waals surface area contributed by atoms with E-state index in [0.717, 1.165) is 128 Å². The molecule has 0 radical (unpaired) electrons. The van der Waals surface area contributed by atoms with Crippen LogP contribution in [0.15, 0.2) is 72.9 Å². The lowest BCUT2D eigenvalue weighted by atomic mass is 10.0. The van der Waals surface area contributed by atoms with Crippen LogP contribution in [-0.4, -0.2) is 96.7 Å². The standard InChI is InChI=1S/C79H142O17P2/c1-5-9-13-17-21-25-29-33-35-36-38-41-44-48-52-56-60-64-77(82)90-70-75(96-79(84)66-62-58-54-50-46-42-37-34-30-26-22-18-14-10-6-2)72-94-98(87,88)92-68-73(80)67-91-97(85,86)93-71-74(95-78(83)65-61-57-53-49-45-40-32-28-24-20-16-12-8-4)69-89-76(81)63-59-55-51-47-43-39-31-27-23-19-15-11-7-3/h21,25,27,31,33-35,37-38,41,48,52,73-75,80H,5-20,22-24,26,28-30,32,36,39-40,42-47,49-51,53-72H2,1-4H3,(H,85,86)(H,87,88)/b25-21-,31-27-,35-33-,37-34-,41-38-,52-48-/t73-,74+,75+/m0/s1. The number of unbranched alkanes of at least 4 members (excludes halogenated alkanes) is 36. The van der Waals surface area contributed by atoms with Gasteiger partial charge in [0.05, 0.1) is 26.4 Å². The first-order valence-electron chi connectivity index (χ1n) is 39.2. The maximum Gasteiger partial charge on any atom is 0.472 e. The fourth-order valence-corrected chi connectivity index (χ4v) is 12.2. The van der Waals surface area contributed by atoms with Gasteiger partial charge in [0.2, 0.25) is 0 Å². The number of phosphoric ester groups is 2. The Bertz CT molecular complexity index is 2140. The largest absolute Gasteiger partial charge is 0.472 e. The molecule has 0 rings (SSSR count). The van der Waals surface area contributed by atoms with E-state index in [9.17, 15) is 43.2 Å². The van der Waals surface area contributed by atoms with Crippen molar-refractivity contribution in [3.8, 4) is 0 Å². The van der Waals surface area contributed by atoms with Crippen LogP contribution in [0.25, 0.3) is 0 Å². The van der Waals surface area contributed by atoms with E-state index < -0.39 is 97.5 Å². The fraction of sp³-hybridized carbons (Fsp3) is 0.797. The van der Waals surface area contributed by atoms with E-state index >= 15 is 0 Å². The molecule has 570 valence electrons. The number of allylic oxidation sites excluding steroid dienone is 12. The Kier molecular flexibility index (Phi) is 69.3.